The monoisotopic (exact) mass is 488 g/mol. The Labute approximate surface area is 203 Å². The molecular formula is C23H32N6O2S2. The van der Waals surface area contributed by atoms with E-state index in [4.69, 9.17) is 4.74 Å². The number of hydrogen-bond donors (Lipinski definition) is 1. The second-order valence-electron chi connectivity index (χ2n) is 7.55. The normalized spacial score (nSPS) is 11.1. The fraction of sp³-hybridized carbons (Fsp3) is 0.522. The van der Waals surface area contributed by atoms with E-state index in [9.17, 15) is 4.79 Å². The molecule has 0 bridgehead atoms. The van der Waals surface area contributed by atoms with E-state index in [0.717, 1.165) is 40.9 Å². The Morgan fingerprint density at radius 3 is 2.61 bits per heavy atom. The molecular weight excluding hydrogens is 456 g/mol. The van der Waals surface area contributed by atoms with Gasteiger partial charge < -0.3 is 9.30 Å². The van der Waals surface area contributed by atoms with E-state index in [1.54, 1.807) is 0 Å². The Kier molecular flexibility index (Phi) is 10.3. The molecule has 0 saturated heterocycles. The largest absolute Gasteiger partial charge is 0.381 e. The van der Waals surface area contributed by atoms with Gasteiger partial charge in [0, 0.05) is 25.1 Å². The van der Waals surface area contributed by atoms with Crippen molar-refractivity contribution in [3.8, 4) is 10.6 Å². The minimum absolute atomic E-state index is 0.139. The van der Waals surface area contributed by atoms with Gasteiger partial charge >= 0.3 is 0 Å². The molecule has 0 aliphatic heterocycles. The molecule has 0 unspecified atom stereocenters. The fourth-order valence-corrected chi connectivity index (χ4v) is 4.79. The van der Waals surface area contributed by atoms with Crippen LogP contribution in [0.5, 0.6) is 0 Å². The predicted molar refractivity (Wildman–Crippen MR) is 134 cm³/mol. The van der Waals surface area contributed by atoms with Crippen LogP contribution in [0.4, 0.5) is 5.13 Å². The Balaban J connectivity index is 1.54. The summed E-state index contributed by atoms with van der Waals surface area (Å²) < 4.78 is 7.51. The molecule has 8 nitrogen and oxygen atoms in total. The van der Waals surface area contributed by atoms with Crippen LogP contribution in [0.1, 0.15) is 51.4 Å². The number of thioether (sulfide) groups is 1. The number of carbonyl (C=O) groups is 1. The Bertz CT molecular complexity index is 1000. The minimum atomic E-state index is -0.139. The number of aryl methyl sites for hydroxylation is 1. The lowest BCUT2D eigenvalue weighted by Crippen LogP contribution is -2.15. The zero-order valence-corrected chi connectivity index (χ0v) is 21.2. The summed E-state index contributed by atoms with van der Waals surface area (Å²) in [7, 11) is 0. The molecule has 3 aromatic rings. The first-order valence-corrected chi connectivity index (χ1v) is 13.3. The molecule has 0 saturated carbocycles. The lowest BCUT2D eigenvalue weighted by Gasteiger charge is -2.08. The summed E-state index contributed by atoms with van der Waals surface area (Å²) in [6.07, 6.45) is 5.14. The smallest absolute Gasteiger partial charge is 0.236 e. The van der Waals surface area contributed by atoms with E-state index in [1.165, 1.54) is 41.5 Å². The number of carbonyl (C=O) groups excluding carboxylic acids is 1. The van der Waals surface area contributed by atoms with Gasteiger partial charge in [-0.2, -0.15) is 0 Å². The Morgan fingerprint density at radius 1 is 1.06 bits per heavy atom. The van der Waals surface area contributed by atoms with Gasteiger partial charge in [0.2, 0.25) is 11.0 Å². The number of unbranched alkanes of at least 4 members (excludes halogenated alkanes) is 1. The Hall–Kier alpha value is -2.30. The molecule has 2 aromatic heterocycles. The zero-order valence-electron chi connectivity index (χ0n) is 19.5. The van der Waals surface area contributed by atoms with Gasteiger partial charge in [-0.15, -0.1) is 20.4 Å². The molecule has 2 heterocycles. The third-order valence-electron chi connectivity index (χ3n) is 4.94. The van der Waals surface area contributed by atoms with Gasteiger partial charge in [-0.3, -0.25) is 10.1 Å². The van der Waals surface area contributed by atoms with Gasteiger partial charge in [0.25, 0.3) is 0 Å². The second-order valence-corrected chi connectivity index (χ2v) is 9.47. The molecule has 0 spiro atoms. The van der Waals surface area contributed by atoms with Crippen molar-refractivity contribution in [2.75, 3.05) is 24.3 Å². The van der Waals surface area contributed by atoms with Crippen LogP contribution in [0.2, 0.25) is 0 Å². The van der Waals surface area contributed by atoms with Gasteiger partial charge in [0.1, 0.15) is 10.8 Å². The standard InChI is InChI=1S/C23H32N6O2S2/c1-4-7-8-17-9-11-18(12-10-17)21-26-27-22(33-21)24-20(30)16-32-23-28-25-19(13-15-31-6-3)29(23)14-5-2/h9-12H,4-8,13-16H2,1-3H3,(H,24,27,30). The van der Waals surface area contributed by atoms with Crippen LogP contribution in [0.25, 0.3) is 10.6 Å². The van der Waals surface area contributed by atoms with Crippen molar-refractivity contribution in [3.05, 3.63) is 35.7 Å². The van der Waals surface area contributed by atoms with E-state index in [0.29, 0.717) is 24.8 Å². The van der Waals surface area contributed by atoms with Gasteiger partial charge in [-0.1, -0.05) is 67.6 Å². The highest BCUT2D eigenvalue weighted by Crippen LogP contribution is 2.27. The van der Waals surface area contributed by atoms with Crippen molar-refractivity contribution >= 4 is 34.1 Å². The van der Waals surface area contributed by atoms with Gasteiger partial charge in [0.15, 0.2) is 5.16 Å². The molecule has 33 heavy (non-hydrogen) atoms. The molecule has 0 atom stereocenters. The van der Waals surface area contributed by atoms with Crippen LogP contribution in [0, 0.1) is 0 Å². The van der Waals surface area contributed by atoms with Crippen LogP contribution in [-0.2, 0) is 28.9 Å². The highest BCUT2D eigenvalue weighted by molar-refractivity contribution is 7.99. The number of benzene rings is 1. The molecule has 0 radical (unpaired) electrons. The lowest BCUT2D eigenvalue weighted by atomic mass is 10.1. The quantitative estimate of drug-likeness (QED) is 0.256. The van der Waals surface area contributed by atoms with Gasteiger partial charge in [0.05, 0.1) is 12.4 Å². The van der Waals surface area contributed by atoms with Gasteiger partial charge in [-0.25, -0.2) is 0 Å². The van der Waals surface area contributed by atoms with Crippen molar-refractivity contribution in [1.29, 1.82) is 0 Å². The van der Waals surface area contributed by atoms with Crippen LogP contribution in [0.3, 0.4) is 0 Å². The van der Waals surface area contributed by atoms with E-state index in [2.05, 4.69) is 68.4 Å². The number of nitrogens with one attached hydrogen (secondary N) is 1. The molecule has 1 N–H and O–H groups in total. The molecule has 10 heteroatoms. The molecule has 0 aliphatic rings. The van der Waals surface area contributed by atoms with Crippen molar-refractivity contribution in [2.24, 2.45) is 0 Å². The SMILES string of the molecule is CCCCc1ccc(-c2nnc(NC(=O)CSc3nnc(CCOCC)n3CCC)s2)cc1. The summed E-state index contributed by atoms with van der Waals surface area (Å²) in [5.74, 6) is 0.983. The molecule has 0 aliphatic carbocycles. The number of aromatic nitrogens is 5. The number of anilines is 1. The predicted octanol–water partition coefficient (Wildman–Crippen LogP) is 4.86. The highest BCUT2D eigenvalue weighted by atomic mass is 32.2. The molecule has 178 valence electrons. The fourth-order valence-electron chi connectivity index (χ4n) is 3.24. The average Bonchev–Trinajstić information content (AvgIpc) is 3.44. The van der Waals surface area contributed by atoms with Crippen LogP contribution >= 0.6 is 23.1 Å². The summed E-state index contributed by atoms with van der Waals surface area (Å²) in [6.45, 7) is 8.39. The highest BCUT2D eigenvalue weighted by Gasteiger charge is 2.15. The number of amides is 1. The van der Waals surface area contributed by atoms with Gasteiger partial charge in [-0.05, 0) is 31.7 Å². The Morgan fingerprint density at radius 2 is 1.88 bits per heavy atom. The van der Waals surface area contributed by atoms with Crippen molar-refractivity contribution in [1.82, 2.24) is 25.0 Å². The third-order valence-corrected chi connectivity index (χ3v) is 6.79. The van der Waals surface area contributed by atoms with Crippen molar-refractivity contribution in [3.63, 3.8) is 0 Å². The first kappa shape index (κ1) is 25.3. The summed E-state index contributed by atoms with van der Waals surface area (Å²) in [6, 6.07) is 8.40. The number of rotatable bonds is 14. The summed E-state index contributed by atoms with van der Waals surface area (Å²) in [4.78, 5) is 12.5. The third kappa shape index (κ3) is 7.62. The minimum Gasteiger partial charge on any atom is -0.381 e. The molecule has 3 rings (SSSR count). The first-order valence-electron chi connectivity index (χ1n) is 11.5. The van der Waals surface area contributed by atoms with Crippen LogP contribution in [0.15, 0.2) is 29.4 Å². The molecule has 1 amide bonds. The molecule has 1 aromatic carbocycles. The number of ether oxygens (including phenoxy) is 1. The topological polar surface area (TPSA) is 94.8 Å². The summed E-state index contributed by atoms with van der Waals surface area (Å²) in [5.41, 5.74) is 2.34. The summed E-state index contributed by atoms with van der Waals surface area (Å²) in [5, 5.41) is 21.8. The number of hydrogen-bond acceptors (Lipinski definition) is 8. The van der Waals surface area contributed by atoms with Crippen molar-refractivity contribution in [2.45, 2.75) is 64.6 Å². The van der Waals surface area contributed by atoms with E-state index in [1.807, 2.05) is 6.92 Å². The maximum absolute atomic E-state index is 12.5. The van der Waals surface area contributed by atoms with Crippen LogP contribution in [-0.4, -0.2) is 49.8 Å². The maximum atomic E-state index is 12.5. The molecule has 0 fully saturated rings. The number of nitrogens with zero attached hydrogens (tertiary/aromatic N) is 5. The maximum Gasteiger partial charge on any atom is 0.236 e. The lowest BCUT2D eigenvalue weighted by molar-refractivity contribution is -0.113. The van der Waals surface area contributed by atoms with Crippen LogP contribution < -0.4 is 5.32 Å². The summed E-state index contributed by atoms with van der Waals surface area (Å²) >= 11 is 2.75. The van der Waals surface area contributed by atoms with E-state index >= 15 is 0 Å². The second kappa shape index (κ2) is 13.4. The zero-order chi connectivity index (χ0) is 23.5. The average molecular weight is 489 g/mol. The first-order chi connectivity index (χ1) is 16.1. The van der Waals surface area contributed by atoms with E-state index in [-0.39, 0.29) is 11.7 Å². The van der Waals surface area contributed by atoms with E-state index < -0.39 is 0 Å². The van der Waals surface area contributed by atoms with Crippen molar-refractivity contribution < 1.29 is 9.53 Å².